The van der Waals surface area contributed by atoms with Crippen LogP contribution in [-0.2, 0) is 4.79 Å². The lowest BCUT2D eigenvalue weighted by Crippen LogP contribution is -2.08. The number of rotatable bonds is 4. The number of aromatic nitrogens is 3. The van der Waals surface area contributed by atoms with Gasteiger partial charge in [-0.1, -0.05) is 72.8 Å². The number of anilines is 1. The first-order valence-electron chi connectivity index (χ1n) is 8.94. The van der Waals surface area contributed by atoms with Crippen LogP contribution in [0.1, 0.15) is 6.92 Å². The van der Waals surface area contributed by atoms with Gasteiger partial charge in [0.15, 0.2) is 17.5 Å². The van der Waals surface area contributed by atoms with Crippen LogP contribution in [0, 0.1) is 0 Å². The fourth-order valence-electron chi connectivity index (χ4n) is 2.91. The molecule has 3 aromatic carbocycles. The van der Waals surface area contributed by atoms with E-state index in [9.17, 15) is 4.79 Å². The van der Waals surface area contributed by atoms with Crippen LogP contribution in [0.25, 0.3) is 34.2 Å². The summed E-state index contributed by atoms with van der Waals surface area (Å²) in [5.41, 5.74) is 3.22. The van der Waals surface area contributed by atoms with Crippen LogP contribution in [0.2, 0.25) is 0 Å². The van der Waals surface area contributed by atoms with Crippen molar-refractivity contribution in [1.82, 2.24) is 15.0 Å². The number of hydrogen-bond donors (Lipinski definition) is 1. The molecule has 0 unspecified atom stereocenters. The third kappa shape index (κ3) is 3.78. The molecule has 0 bridgehead atoms. The minimum Gasteiger partial charge on any atom is -0.326 e. The average Bonchev–Trinajstić information content (AvgIpc) is 2.75. The average molecular weight is 366 g/mol. The molecular weight excluding hydrogens is 348 g/mol. The molecule has 0 atom stereocenters. The highest BCUT2D eigenvalue weighted by Gasteiger charge is 2.14. The Kier molecular flexibility index (Phi) is 4.89. The second-order valence-electron chi connectivity index (χ2n) is 6.27. The van der Waals surface area contributed by atoms with Crippen LogP contribution in [0.4, 0.5) is 5.69 Å². The molecule has 1 aromatic heterocycles. The van der Waals surface area contributed by atoms with Crippen LogP contribution in [0.5, 0.6) is 0 Å². The molecule has 0 spiro atoms. The number of nitrogens with zero attached hydrogens (tertiary/aromatic N) is 3. The van der Waals surface area contributed by atoms with E-state index in [4.69, 9.17) is 9.97 Å². The first-order chi connectivity index (χ1) is 13.7. The minimum absolute atomic E-state index is 0.145. The summed E-state index contributed by atoms with van der Waals surface area (Å²) in [6.45, 7) is 1.48. The molecule has 1 N–H and O–H groups in total. The monoisotopic (exact) mass is 366 g/mol. The number of carbonyl (C=O) groups is 1. The molecule has 4 aromatic rings. The molecule has 0 aliphatic carbocycles. The summed E-state index contributed by atoms with van der Waals surface area (Å²) < 4.78 is 0. The van der Waals surface area contributed by atoms with Gasteiger partial charge in [0.25, 0.3) is 0 Å². The summed E-state index contributed by atoms with van der Waals surface area (Å²) in [7, 11) is 0. The van der Waals surface area contributed by atoms with Crippen LogP contribution in [-0.4, -0.2) is 20.9 Å². The molecule has 5 nitrogen and oxygen atoms in total. The molecule has 0 fully saturated rings. The molecule has 1 heterocycles. The predicted molar refractivity (Wildman–Crippen MR) is 110 cm³/mol. The minimum atomic E-state index is -0.145. The highest BCUT2D eigenvalue weighted by atomic mass is 16.1. The fraction of sp³-hybridized carbons (Fsp3) is 0.0435. The first-order valence-corrected chi connectivity index (χ1v) is 8.94. The number of nitrogens with one attached hydrogen (secondary N) is 1. The van der Waals surface area contributed by atoms with Gasteiger partial charge in [0.1, 0.15) is 0 Å². The summed E-state index contributed by atoms with van der Waals surface area (Å²) in [5, 5.41) is 2.85. The second-order valence-corrected chi connectivity index (χ2v) is 6.27. The highest BCUT2D eigenvalue weighted by Crippen LogP contribution is 2.28. The zero-order chi connectivity index (χ0) is 19.3. The van der Waals surface area contributed by atoms with Crippen molar-refractivity contribution >= 4 is 11.6 Å². The van der Waals surface area contributed by atoms with Gasteiger partial charge in [0.2, 0.25) is 5.91 Å². The number of benzene rings is 3. The number of carbonyl (C=O) groups excluding carboxylic acids is 1. The van der Waals surface area contributed by atoms with Crippen LogP contribution >= 0.6 is 0 Å². The van der Waals surface area contributed by atoms with Gasteiger partial charge in [-0.25, -0.2) is 15.0 Å². The molecule has 0 radical (unpaired) electrons. The highest BCUT2D eigenvalue weighted by molar-refractivity contribution is 5.93. The standard InChI is InChI=1S/C23H18N4O/c1-16(28)24-20-15-9-8-14-19(20)23-26-21(17-10-4-2-5-11-17)25-22(27-23)18-12-6-3-7-13-18/h2-15H,1H3,(H,24,28). The van der Waals surface area contributed by atoms with E-state index in [-0.39, 0.29) is 5.91 Å². The Hall–Kier alpha value is -3.86. The zero-order valence-electron chi connectivity index (χ0n) is 15.3. The third-order valence-corrected chi connectivity index (χ3v) is 4.18. The number of para-hydroxylation sites is 1. The van der Waals surface area contributed by atoms with E-state index >= 15 is 0 Å². The lowest BCUT2D eigenvalue weighted by atomic mass is 10.1. The molecule has 4 rings (SSSR count). The molecule has 0 saturated carbocycles. The van der Waals surface area contributed by atoms with E-state index in [0.29, 0.717) is 23.2 Å². The summed E-state index contributed by atoms with van der Waals surface area (Å²) in [4.78, 5) is 25.7. The Labute approximate surface area is 163 Å². The summed E-state index contributed by atoms with van der Waals surface area (Å²) in [6, 6.07) is 27.1. The maximum Gasteiger partial charge on any atom is 0.221 e. The van der Waals surface area contributed by atoms with Crippen LogP contribution < -0.4 is 5.32 Å². The van der Waals surface area contributed by atoms with Crippen LogP contribution in [0.3, 0.4) is 0 Å². The SMILES string of the molecule is CC(=O)Nc1ccccc1-c1nc(-c2ccccc2)nc(-c2ccccc2)n1. The van der Waals surface area contributed by atoms with Crippen molar-refractivity contribution in [3.63, 3.8) is 0 Å². The smallest absolute Gasteiger partial charge is 0.221 e. The van der Waals surface area contributed by atoms with Gasteiger partial charge in [0.05, 0.1) is 5.69 Å². The molecule has 1 amide bonds. The van der Waals surface area contributed by atoms with E-state index in [2.05, 4.69) is 10.3 Å². The van der Waals surface area contributed by atoms with Crippen molar-refractivity contribution in [3.8, 4) is 34.2 Å². The van der Waals surface area contributed by atoms with Crippen molar-refractivity contribution in [2.24, 2.45) is 0 Å². The molecule has 5 heteroatoms. The quantitative estimate of drug-likeness (QED) is 0.562. The summed E-state index contributed by atoms with van der Waals surface area (Å²) >= 11 is 0. The van der Waals surface area contributed by atoms with Gasteiger partial charge in [0, 0.05) is 23.6 Å². The molecule has 0 saturated heterocycles. The fourth-order valence-corrected chi connectivity index (χ4v) is 2.91. The molecule has 0 aliphatic rings. The lowest BCUT2D eigenvalue weighted by Gasteiger charge is -2.11. The zero-order valence-corrected chi connectivity index (χ0v) is 15.3. The Morgan fingerprint density at radius 1 is 0.643 bits per heavy atom. The van der Waals surface area contributed by atoms with Crippen LogP contribution in [0.15, 0.2) is 84.9 Å². The second kappa shape index (κ2) is 7.80. The van der Waals surface area contributed by atoms with Crippen molar-refractivity contribution in [2.45, 2.75) is 6.92 Å². The maximum atomic E-state index is 11.6. The van der Waals surface area contributed by atoms with Crippen molar-refractivity contribution in [2.75, 3.05) is 5.32 Å². The van der Waals surface area contributed by atoms with Gasteiger partial charge in [-0.2, -0.15) is 0 Å². The molecule has 28 heavy (non-hydrogen) atoms. The van der Waals surface area contributed by atoms with Gasteiger partial charge in [-0.3, -0.25) is 4.79 Å². The maximum absolute atomic E-state index is 11.6. The molecule has 0 aliphatic heterocycles. The number of hydrogen-bond acceptors (Lipinski definition) is 4. The Morgan fingerprint density at radius 3 is 1.64 bits per heavy atom. The molecular formula is C23H18N4O. The van der Waals surface area contributed by atoms with Gasteiger partial charge >= 0.3 is 0 Å². The van der Waals surface area contributed by atoms with E-state index in [1.54, 1.807) is 0 Å². The lowest BCUT2D eigenvalue weighted by molar-refractivity contribution is -0.114. The Morgan fingerprint density at radius 2 is 1.11 bits per heavy atom. The van der Waals surface area contributed by atoms with E-state index in [0.717, 1.165) is 16.7 Å². The van der Waals surface area contributed by atoms with Crippen molar-refractivity contribution < 1.29 is 4.79 Å². The number of amides is 1. The Balaban J connectivity index is 1.92. The van der Waals surface area contributed by atoms with Gasteiger partial charge in [-0.15, -0.1) is 0 Å². The summed E-state index contributed by atoms with van der Waals surface area (Å²) in [6.07, 6.45) is 0. The van der Waals surface area contributed by atoms with Gasteiger partial charge < -0.3 is 5.32 Å². The third-order valence-electron chi connectivity index (χ3n) is 4.18. The van der Waals surface area contributed by atoms with Crippen molar-refractivity contribution in [3.05, 3.63) is 84.9 Å². The van der Waals surface area contributed by atoms with Gasteiger partial charge in [-0.05, 0) is 12.1 Å². The topological polar surface area (TPSA) is 67.8 Å². The van der Waals surface area contributed by atoms with E-state index < -0.39 is 0 Å². The Bertz CT molecular complexity index is 1050. The first kappa shape index (κ1) is 17.5. The van der Waals surface area contributed by atoms with E-state index in [1.165, 1.54) is 6.92 Å². The predicted octanol–water partition coefficient (Wildman–Crippen LogP) is 4.83. The van der Waals surface area contributed by atoms with E-state index in [1.807, 2.05) is 84.9 Å². The summed E-state index contributed by atoms with van der Waals surface area (Å²) in [5.74, 6) is 1.54. The largest absolute Gasteiger partial charge is 0.326 e. The molecule has 136 valence electrons. The van der Waals surface area contributed by atoms with Crippen molar-refractivity contribution in [1.29, 1.82) is 0 Å². The normalized spacial score (nSPS) is 10.5.